The fraction of sp³-hybridized carbons (Fsp3) is 0.704. The topological polar surface area (TPSA) is 67.9 Å². The summed E-state index contributed by atoms with van der Waals surface area (Å²) in [5, 5.41) is 3.07. The van der Waals surface area contributed by atoms with Crippen LogP contribution in [0.25, 0.3) is 0 Å². The molecule has 0 spiro atoms. The quantitative estimate of drug-likeness (QED) is 0.175. The van der Waals surface area contributed by atoms with Gasteiger partial charge in [-0.05, 0) is 50.8 Å². The van der Waals surface area contributed by atoms with Gasteiger partial charge in [-0.25, -0.2) is 0 Å². The van der Waals surface area contributed by atoms with Crippen LogP contribution in [0.2, 0.25) is 0 Å². The highest BCUT2D eigenvalue weighted by Crippen LogP contribution is 2.19. The Kier molecular flexibility index (Phi) is 15.7. The molecule has 0 fully saturated rings. The minimum absolute atomic E-state index is 0.00488. The molecule has 0 heterocycles. The Morgan fingerprint density at radius 1 is 0.912 bits per heavy atom. The number of carbonyl (C=O) groups is 2. The number of nitrogens with one attached hydrogen (secondary N) is 1. The van der Waals surface area contributed by atoms with Crippen LogP contribution in [0.3, 0.4) is 0 Å². The third-order valence-electron chi connectivity index (χ3n) is 6.14. The number of nitrogens with zero attached hydrogens (tertiary/aromatic N) is 2. The third-order valence-corrected chi connectivity index (χ3v) is 6.14. The van der Waals surface area contributed by atoms with E-state index in [2.05, 4.69) is 31.0 Å². The normalized spacial score (nSPS) is 11.7. The molecule has 0 radical (unpaired) electrons. The maximum atomic E-state index is 12.6. The second-order valence-electron chi connectivity index (χ2n) is 9.18. The van der Waals surface area contributed by atoms with Crippen molar-refractivity contribution in [1.29, 1.82) is 0 Å². The van der Waals surface area contributed by atoms with Gasteiger partial charge in [-0.2, -0.15) is 0 Å². The summed E-state index contributed by atoms with van der Waals surface area (Å²) in [4.78, 5) is 25.9. The van der Waals surface area contributed by atoms with Gasteiger partial charge in [0.25, 0.3) is 0 Å². The first-order valence-corrected chi connectivity index (χ1v) is 12.9. The summed E-state index contributed by atoms with van der Waals surface area (Å²) in [5.74, 6) is 0.00488. The van der Waals surface area contributed by atoms with E-state index in [0.717, 1.165) is 73.0 Å². The van der Waals surface area contributed by atoms with Crippen LogP contribution in [0.15, 0.2) is 18.2 Å². The fourth-order valence-corrected chi connectivity index (χ4v) is 4.47. The Labute approximate surface area is 207 Å². The van der Waals surface area contributed by atoms with Crippen LogP contribution in [0.1, 0.15) is 51.2 Å². The second kappa shape index (κ2) is 17.6. The van der Waals surface area contributed by atoms with Crippen LogP contribution in [-0.2, 0) is 19.1 Å². The Hall–Kier alpha value is -1.80. The van der Waals surface area contributed by atoms with Crippen LogP contribution in [0.4, 0.5) is 5.69 Å². The summed E-state index contributed by atoms with van der Waals surface area (Å²) in [6, 6.07) is 6.02. The zero-order valence-electron chi connectivity index (χ0n) is 22.2. The Balaban J connectivity index is 2.32. The van der Waals surface area contributed by atoms with Gasteiger partial charge in [0, 0.05) is 12.2 Å². The van der Waals surface area contributed by atoms with E-state index in [4.69, 9.17) is 9.47 Å². The van der Waals surface area contributed by atoms with Gasteiger partial charge in [-0.15, -0.1) is 0 Å². The standard InChI is InChI=1S/C27H47N3O4/c1-6-12-29(23-26(32)28-27-24(4)10-9-11-25(27)5)13-19-33-21-22-34-20-17-30(14-7-2,15-8-3)16-18-31/h9-11,18H,6-8,12-17,19-23H2,1-5H3/p+1. The number of hydrogen-bond acceptors (Lipinski definition) is 5. The number of carbonyl (C=O) groups excluding carboxylic acids is 2. The first-order chi connectivity index (χ1) is 16.4. The molecule has 0 saturated carbocycles. The molecular formula is C27H48N3O4+. The molecule has 1 amide bonds. The first-order valence-electron chi connectivity index (χ1n) is 12.9. The van der Waals surface area contributed by atoms with Crippen LogP contribution in [0, 0.1) is 13.8 Å². The van der Waals surface area contributed by atoms with E-state index in [0.29, 0.717) is 46.1 Å². The van der Waals surface area contributed by atoms with Crippen molar-refractivity contribution in [3.63, 3.8) is 0 Å². The van der Waals surface area contributed by atoms with Crippen molar-refractivity contribution in [1.82, 2.24) is 4.90 Å². The number of ether oxygens (including phenoxy) is 2. The largest absolute Gasteiger partial charge is 0.378 e. The van der Waals surface area contributed by atoms with E-state index in [1.165, 1.54) is 0 Å². The van der Waals surface area contributed by atoms with Crippen molar-refractivity contribution in [3.05, 3.63) is 29.3 Å². The summed E-state index contributed by atoms with van der Waals surface area (Å²) in [6.07, 6.45) is 4.15. The molecule has 0 aliphatic heterocycles. The molecule has 7 nitrogen and oxygen atoms in total. The zero-order valence-corrected chi connectivity index (χ0v) is 22.2. The van der Waals surface area contributed by atoms with Gasteiger partial charge in [0.1, 0.15) is 13.1 Å². The van der Waals surface area contributed by atoms with Gasteiger partial charge in [-0.1, -0.05) is 39.0 Å². The molecule has 0 unspecified atom stereocenters. The lowest BCUT2D eigenvalue weighted by Crippen LogP contribution is -2.52. The highest BCUT2D eigenvalue weighted by molar-refractivity contribution is 5.93. The third kappa shape index (κ3) is 11.6. The van der Waals surface area contributed by atoms with Crippen molar-refractivity contribution >= 4 is 17.9 Å². The minimum Gasteiger partial charge on any atom is -0.378 e. The average molecular weight is 479 g/mol. The number of para-hydroxylation sites is 1. The van der Waals surface area contributed by atoms with Gasteiger partial charge in [-0.3, -0.25) is 14.5 Å². The minimum atomic E-state index is 0.00488. The molecule has 1 aromatic carbocycles. The molecule has 0 saturated heterocycles. The number of rotatable bonds is 20. The maximum Gasteiger partial charge on any atom is 0.238 e. The number of quaternary nitrogens is 1. The summed E-state index contributed by atoms with van der Waals surface area (Å²) >= 11 is 0. The lowest BCUT2D eigenvalue weighted by molar-refractivity contribution is -0.920. The van der Waals surface area contributed by atoms with E-state index in [1.807, 2.05) is 32.0 Å². The summed E-state index contributed by atoms with van der Waals surface area (Å²) < 4.78 is 12.4. The number of hydrogen-bond donors (Lipinski definition) is 1. The smallest absolute Gasteiger partial charge is 0.238 e. The Morgan fingerprint density at radius 3 is 2.09 bits per heavy atom. The molecule has 194 valence electrons. The van der Waals surface area contributed by atoms with Crippen molar-refractivity contribution in [2.45, 2.75) is 53.9 Å². The molecule has 0 aromatic heterocycles. The van der Waals surface area contributed by atoms with E-state index < -0.39 is 0 Å². The van der Waals surface area contributed by atoms with Gasteiger partial charge < -0.3 is 19.3 Å². The molecule has 1 rings (SSSR count). The number of benzene rings is 1. The van der Waals surface area contributed by atoms with E-state index in [-0.39, 0.29) is 5.91 Å². The molecular weight excluding hydrogens is 430 g/mol. The summed E-state index contributed by atoms with van der Waals surface area (Å²) in [6.45, 7) is 18.1. The predicted octanol–water partition coefficient (Wildman–Crippen LogP) is 3.82. The van der Waals surface area contributed by atoms with Crippen LogP contribution >= 0.6 is 0 Å². The zero-order chi connectivity index (χ0) is 25.2. The lowest BCUT2D eigenvalue weighted by atomic mass is 10.1. The van der Waals surface area contributed by atoms with Crippen molar-refractivity contribution in [2.24, 2.45) is 0 Å². The fourth-order valence-electron chi connectivity index (χ4n) is 4.47. The first kappa shape index (κ1) is 30.2. The molecule has 0 atom stereocenters. The van der Waals surface area contributed by atoms with Gasteiger partial charge in [0.05, 0.1) is 46.1 Å². The summed E-state index contributed by atoms with van der Waals surface area (Å²) in [7, 11) is 0. The highest BCUT2D eigenvalue weighted by Gasteiger charge is 2.24. The Bertz CT molecular complexity index is 685. The van der Waals surface area contributed by atoms with E-state index in [9.17, 15) is 9.59 Å². The van der Waals surface area contributed by atoms with Crippen molar-refractivity contribution < 1.29 is 23.5 Å². The monoisotopic (exact) mass is 478 g/mol. The average Bonchev–Trinajstić information content (AvgIpc) is 2.79. The predicted molar refractivity (Wildman–Crippen MR) is 139 cm³/mol. The second-order valence-corrected chi connectivity index (χ2v) is 9.18. The Morgan fingerprint density at radius 2 is 1.53 bits per heavy atom. The van der Waals surface area contributed by atoms with Crippen LogP contribution in [0.5, 0.6) is 0 Å². The molecule has 7 heteroatoms. The molecule has 1 aromatic rings. The highest BCUT2D eigenvalue weighted by atomic mass is 16.5. The van der Waals surface area contributed by atoms with Gasteiger partial charge in [0.15, 0.2) is 6.29 Å². The number of aldehydes is 1. The van der Waals surface area contributed by atoms with Gasteiger partial charge >= 0.3 is 0 Å². The van der Waals surface area contributed by atoms with E-state index in [1.54, 1.807) is 0 Å². The molecule has 0 aliphatic rings. The molecule has 0 aliphatic carbocycles. The van der Waals surface area contributed by atoms with Crippen LogP contribution < -0.4 is 5.32 Å². The van der Waals surface area contributed by atoms with Crippen molar-refractivity contribution in [3.8, 4) is 0 Å². The van der Waals surface area contributed by atoms with Gasteiger partial charge in [0.2, 0.25) is 5.91 Å². The lowest BCUT2D eigenvalue weighted by Gasteiger charge is -2.36. The SMILES string of the molecule is CCCN(CCOCCOCC[N+](CC=O)(CCC)CCC)CC(=O)Nc1c(C)cccc1C. The van der Waals surface area contributed by atoms with Crippen LogP contribution in [-0.4, -0.2) is 93.8 Å². The molecule has 1 N–H and O–H groups in total. The molecule has 34 heavy (non-hydrogen) atoms. The molecule has 0 bridgehead atoms. The number of aryl methyl sites for hydroxylation is 2. The number of anilines is 1. The van der Waals surface area contributed by atoms with Crippen molar-refractivity contribution in [2.75, 3.05) is 77.6 Å². The summed E-state index contributed by atoms with van der Waals surface area (Å²) in [5.41, 5.74) is 3.06. The maximum absolute atomic E-state index is 12.6. The van der Waals surface area contributed by atoms with E-state index >= 15 is 0 Å². The number of amides is 1.